The largest absolute Gasteiger partial charge is 0.358 e. The third-order valence-corrected chi connectivity index (χ3v) is 1.95. The normalized spacial score (nSPS) is 10.7. The van der Waals surface area contributed by atoms with Gasteiger partial charge < -0.3 is 10.1 Å². The van der Waals surface area contributed by atoms with E-state index in [1.807, 2.05) is 4.98 Å². The molecule has 0 amide bonds. The molecular formula is C7H5ClF2N2O3. The second kappa shape index (κ2) is 4.35. The molecule has 0 aliphatic rings. The van der Waals surface area contributed by atoms with Crippen LogP contribution in [-0.4, -0.2) is 9.91 Å². The number of halogens is 3. The summed E-state index contributed by atoms with van der Waals surface area (Å²) in [5, 5.41) is 10.4. The van der Waals surface area contributed by atoms with Gasteiger partial charge in [0.05, 0.1) is 5.88 Å². The summed E-state index contributed by atoms with van der Waals surface area (Å²) < 4.78 is 24.4. The van der Waals surface area contributed by atoms with Gasteiger partial charge in [0, 0.05) is 6.07 Å². The highest BCUT2D eigenvalue weighted by atomic mass is 35.5. The van der Waals surface area contributed by atoms with Crippen LogP contribution < -0.4 is 5.43 Å². The van der Waals surface area contributed by atoms with Crippen LogP contribution in [-0.2, 0) is 5.88 Å². The first kappa shape index (κ1) is 11.6. The summed E-state index contributed by atoms with van der Waals surface area (Å²) in [6, 6.07) is 0.607. The third kappa shape index (κ3) is 2.30. The van der Waals surface area contributed by atoms with Gasteiger partial charge >= 0.3 is 5.82 Å². The molecular weight excluding hydrogens is 234 g/mol. The van der Waals surface area contributed by atoms with E-state index in [2.05, 4.69) is 0 Å². The van der Waals surface area contributed by atoms with E-state index >= 15 is 0 Å². The fourth-order valence-corrected chi connectivity index (χ4v) is 1.25. The SMILES string of the molecule is O=c1cc(C(F)F)[nH]c([N+](=O)[O-])c1CCl. The summed E-state index contributed by atoms with van der Waals surface area (Å²) in [5.74, 6) is -1.19. The summed E-state index contributed by atoms with van der Waals surface area (Å²) in [5.41, 5.74) is -1.99. The van der Waals surface area contributed by atoms with Crippen molar-refractivity contribution in [2.75, 3.05) is 0 Å². The van der Waals surface area contributed by atoms with Gasteiger partial charge in [-0.2, -0.15) is 0 Å². The number of nitrogens with one attached hydrogen (secondary N) is 1. The quantitative estimate of drug-likeness (QED) is 0.497. The Bertz CT molecular complexity index is 446. The molecule has 0 bridgehead atoms. The van der Waals surface area contributed by atoms with E-state index in [0.717, 1.165) is 0 Å². The molecule has 0 aliphatic carbocycles. The maximum Gasteiger partial charge on any atom is 0.329 e. The fourth-order valence-electron chi connectivity index (χ4n) is 0.996. The van der Waals surface area contributed by atoms with Crippen LogP contribution in [0.15, 0.2) is 10.9 Å². The maximum atomic E-state index is 12.2. The molecule has 15 heavy (non-hydrogen) atoms. The molecule has 5 nitrogen and oxygen atoms in total. The minimum Gasteiger partial charge on any atom is -0.358 e. The van der Waals surface area contributed by atoms with Crippen molar-refractivity contribution in [3.8, 4) is 0 Å². The van der Waals surface area contributed by atoms with Gasteiger partial charge in [0.25, 0.3) is 6.43 Å². The highest BCUT2D eigenvalue weighted by Crippen LogP contribution is 2.20. The molecule has 0 saturated heterocycles. The Kier molecular flexibility index (Phi) is 3.35. The Morgan fingerprint density at radius 3 is 2.60 bits per heavy atom. The van der Waals surface area contributed by atoms with Crippen LogP contribution in [0, 0.1) is 10.1 Å². The number of aromatic amines is 1. The van der Waals surface area contributed by atoms with Crippen molar-refractivity contribution in [3.63, 3.8) is 0 Å². The molecule has 1 rings (SSSR count). The molecule has 8 heteroatoms. The third-order valence-electron chi connectivity index (χ3n) is 1.68. The van der Waals surface area contributed by atoms with E-state index < -0.39 is 34.2 Å². The molecule has 0 radical (unpaired) electrons. The van der Waals surface area contributed by atoms with Crippen LogP contribution >= 0.6 is 11.6 Å². The van der Waals surface area contributed by atoms with Gasteiger partial charge in [-0.15, -0.1) is 11.6 Å². The molecule has 0 unspecified atom stereocenters. The molecule has 1 heterocycles. The minimum atomic E-state index is -2.97. The van der Waals surface area contributed by atoms with E-state index in [4.69, 9.17) is 11.6 Å². The summed E-state index contributed by atoms with van der Waals surface area (Å²) in [6.07, 6.45) is -2.97. The number of nitro groups is 1. The summed E-state index contributed by atoms with van der Waals surface area (Å²) in [6.45, 7) is 0. The molecule has 0 atom stereocenters. The number of aromatic nitrogens is 1. The Morgan fingerprint density at radius 2 is 2.20 bits per heavy atom. The molecule has 0 saturated carbocycles. The number of nitrogens with zero attached hydrogens (tertiary/aromatic N) is 1. The van der Waals surface area contributed by atoms with Crippen molar-refractivity contribution in [1.82, 2.24) is 4.98 Å². The van der Waals surface area contributed by atoms with Crippen LogP contribution in [0.25, 0.3) is 0 Å². The Morgan fingerprint density at radius 1 is 1.60 bits per heavy atom. The molecule has 82 valence electrons. The number of alkyl halides is 3. The summed E-state index contributed by atoms with van der Waals surface area (Å²) in [7, 11) is 0. The van der Waals surface area contributed by atoms with Crippen LogP contribution in [0.3, 0.4) is 0 Å². The van der Waals surface area contributed by atoms with Gasteiger partial charge in [-0.25, -0.2) is 13.8 Å². The van der Waals surface area contributed by atoms with Crippen molar-refractivity contribution >= 4 is 17.4 Å². The highest BCUT2D eigenvalue weighted by Gasteiger charge is 2.21. The zero-order valence-electron chi connectivity index (χ0n) is 7.17. The lowest BCUT2D eigenvalue weighted by atomic mass is 10.2. The van der Waals surface area contributed by atoms with Crippen LogP contribution in [0.5, 0.6) is 0 Å². The molecule has 1 aromatic rings. The first-order valence-corrected chi connectivity index (χ1v) is 4.25. The van der Waals surface area contributed by atoms with Gasteiger partial charge in [0.1, 0.15) is 5.56 Å². The average Bonchev–Trinajstić information content (AvgIpc) is 2.16. The Labute approximate surface area is 86.8 Å². The number of hydrogen-bond acceptors (Lipinski definition) is 3. The lowest BCUT2D eigenvalue weighted by Crippen LogP contribution is -2.13. The molecule has 1 aromatic heterocycles. The van der Waals surface area contributed by atoms with Gasteiger partial charge in [0.15, 0.2) is 11.1 Å². The van der Waals surface area contributed by atoms with E-state index in [-0.39, 0.29) is 5.56 Å². The molecule has 0 aromatic carbocycles. The van der Waals surface area contributed by atoms with Crippen molar-refractivity contribution in [3.05, 3.63) is 37.7 Å². The Hall–Kier alpha value is -1.50. The van der Waals surface area contributed by atoms with Gasteiger partial charge in [-0.1, -0.05) is 0 Å². The van der Waals surface area contributed by atoms with Gasteiger partial charge in [-0.05, 0) is 4.92 Å². The second-order valence-corrected chi connectivity index (χ2v) is 2.87. The highest BCUT2D eigenvalue weighted by molar-refractivity contribution is 6.17. The number of hydrogen-bond donors (Lipinski definition) is 1. The average molecular weight is 239 g/mol. The van der Waals surface area contributed by atoms with Crippen molar-refractivity contribution in [2.45, 2.75) is 12.3 Å². The van der Waals surface area contributed by atoms with E-state index in [1.54, 1.807) is 0 Å². The summed E-state index contributed by atoms with van der Waals surface area (Å²) >= 11 is 5.30. The van der Waals surface area contributed by atoms with E-state index in [1.165, 1.54) is 0 Å². The van der Waals surface area contributed by atoms with Gasteiger partial charge in [0.2, 0.25) is 0 Å². The fraction of sp³-hybridized carbons (Fsp3) is 0.286. The Balaban J connectivity index is 3.46. The first-order valence-electron chi connectivity index (χ1n) is 3.72. The van der Waals surface area contributed by atoms with E-state index in [0.29, 0.717) is 6.07 Å². The lowest BCUT2D eigenvalue weighted by molar-refractivity contribution is -0.390. The van der Waals surface area contributed by atoms with Crippen LogP contribution in [0.4, 0.5) is 14.6 Å². The number of pyridine rings is 1. The molecule has 0 fully saturated rings. The standard InChI is InChI=1S/C7H5ClF2N2O3/c8-2-3-5(13)1-4(6(9)10)11-7(3)12(14)15/h1,6H,2H2,(H,11,13). The number of H-pyrrole nitrogens is 1. The second-order valence-electron chi connectivity index (χ2n) is 2.61. The molecule has 1 N–H and O–H groups in total. The topological polar surface area (TPSA) is 76.0 Å². The van der Waals surface area contributed by atoms with E-state index in [9.17, 15) is 23.7 Å². The van der Waals surface area contributed by atoms with Crippen LogP contribution in [0.1, 0.15) is 17.7 Å². The smallest absolute Gasteiger partial charge is 0.329 e. The van der Waals surface area contributed by atoms with Gasteiger partial charge in [-0.3, -0.25) is 4.79 Å². The summed E-state index contributed by atoms with van der Waals surface area (Å²) in [4.78, 5) is 22.5. The lowest BCUT2D eigenvalue weighted by Gasteiger charge is -2.02. The first-order chi connectivity index (χ1) is 6.97. The zero-order valence-corrected chi connectivity index (χ0v) is 7.92. The monoisotopic (exact) mass is 238 g/mol. The predicted molar refractivity (Wildman–Crippen MR) is 48.2 cm³/mol. The maximum absolute atomic E-state index is 12.2. The number of rotatable bonds is 3. The minimum absolute atomic E-state index is 0.328. The molecule has 0 aliphatic heterocycles. The van der Waals surface area contributed by atoms with Crippen molar-refractivity contribution in [2.24, 2.45) is 0 Å². The molecule has 0 spiro atoms. The zero-order chi connectivity index (χ0) is 11.6. The van der Waals surface area contributed by atoms with Crippen molar-refractivity contribution < 1.29 is 13.7 Å². The van der Waals surface area contributed by atoms with Crippen molar-refractivity contribution in [1.29, 1.82) is 0 Å². The van der Waals surface area contributed by atoms with Crippen LogP contribution in [0.2, 0.25) is 0 Å². The predicted octanol–water partition coefficient (Wildman–Crippen LogP) is 1.96.